The maximum Gasteiger partial charge on any atom is 0.449 e. The van der Waals surface area contributed by atoms with Crippen LogP contribution in [0.15, 0.2) is 28.7 Å². The molecule has 0 radical (unpaired) electrons. The van der Waals surface area contributed by atoms with Gasteiger partial charge in [-0.2, -0.15) is 13.2 Å². The van der Waals surface area contributed by atoms with Gasteiger partial charge in [0.05, 0.1) is 6.04 Å². The minimum absolute atomic E-state index is 0.0866. The van der Waals surface area contributed by atoms with E-state index in [-0.39, 0.29) is 22.3 Å². The number of ketones is 1. The van der Waals surface area contributed by atoms with Crippen molar-refractivity contribution in [2.45, 2.75) is 19.1 Å². The lowest BCUT2D eigenvalue weighted by Crippen LogP contribution is -2.26. The van der Waals surface area contributed by atoms with E-state index in [1.54, 1.807) is 0 Å². The van der Waals surface area contributed by atoms with E-state index in [0.29, 0.717) is 0 Å². The standard InChI is InChI=1S/C12H10F3NO2/c1-6(16)11(17)7-2-3-9-8(4-7)5-10(18-9)12(13,14)15/h2-6H,16H2,1H3. The fourth-order valence-electron chi connectivity index (χ4n) is 1.60. The smallest absolute Gasteiger partial charge is 0.449 e. The van der Waals surface area contributed by atoms with Gasteiger partial charge in [-0.1, -0.05) is 0 Å². The maximum absolute atomic E-state index is 12.4. The molecule has 0 fully saturated rings. The Morgan fingerprint density at radius 2 is 2.00 bits per heavy atom. The number of nitrogens with two attached hydrogens (primary N) is 1. The summed E-state index contributed by atoms with van der Waals surface area (Å²) in [5.74, 6) is -1.41. The Labute approximate surface area is 100 Å². The molecule has 3 nitrogen and oxygen atoms in total. The Morgan fingerprint density at radius 1 is 1.33 bits per heavy atom. The molecule has 2 N–H and O–H groups in total. The van der Waals surface area contributed by atoms with Crippen molar-refractivity contribution in [1.29, 1.82) is 0 Å². The third-order valence-corrected chi connectivity index (χ3v) is 2.49. The summed E-state index contributed by atoms with van der Waals surface area (Å²) in [6.45, 7) is 1.52. The fraction of sp³-hybridized carbons (Fsp3) is 0.250. The number of rotatable bonds is 2. The van der Waals surface area contributed by atoms with Gasteiger partial charge < -0.3 is 10.2 Å². The van der Waals surface area contributed by atoms with Crippen LogP contribution in [0, 0.1) is 0 Å². The number of halogens is 3. The first-order chi connectivity index (χ1) is 8.29. The van der Waals surface area contributed by atoms with Crippen molar-refractivity contribution >= 4 is 16.8 Å². The monoisotopic (exact) mass is 257 g/mol. The maximum atomic E-state index is 12.4. The zero-order valence-electron chi connectivity index (χ0n) is 9.41. The molecule has 1 heterocycles. The number of hydrogen-bond donors (Lipinski definition) is 1. The van der Waals surface area contributed by atoms with Crippen LogP contribution in [-0.4, -0.2) is 11.8 Å². The highest BCUT2D eigenvalue weighted by Gasteiger charge is 2.35. The zero-order chi connectivity index (χ0) is 13.5. The fourth-order valence-corrected chi connectivity index (χ4v) is 1.60. The van der Waals surface area contributed by atoms with Crippen LogP contribution in [0.1, 0.15) is 23.0 Å². The number of carbonyl (C=O) groups excluding carboxylic acids is 1. The average Bonchev–Trinajstić information content (AvgIpc) is 2.69. The van der Waals surface area contributed by atoms with Crippen molar-refractivity contribution in [1.82, 2.24) is 0 Å². The highest BCUT2D eigenvalue weighted by Crippen LogP contribution is 2.34. The first-order valence-corrected chi connectivity index (χ1v) is 5.19. The topological polar surface area (TPSA) is 56.2 Å². The Bertz CT molecular complexity index is 599. The number of fused-ring (bicyclic) bond motifs is 1. The van der Waals surface area contributed by atoms with E-state index in [2.05, 4.69) is 4.42 Å². The zero-order valence-corrected chi connectivity index (χ0v) is 9.41. The molecule has 96 valence electrons. The van der Waals surface area contributed by atoms with Crippen LogP contribution in [0.25, 0.3) is 11.0 Å². The van der Waals surface area contributed by atoms with Crippen molar-refractivity contribution in [3.63, 3.8) is 0 Å². The van der Waals surface area contributed by atoms with Crippen molar-refractivity contribution in [2.24, 2.45) is 5.73 Å². The lowest BCUT2D eigenvalue weighted by molar-refractivity contribution is -0.152. The molecule has 0 bridgehead atoms. The van der Waals surface area contributed by atoms with Crippen LogP contribution in [0.4, 0.5) is 13.2 Å². The second-order valence-electron chi connectivity index (χ2n) is 4.01. The molecule has 1 atom stereocenters. The van der Waals surface area contributed by atoms with Crippen molar-refractivity contribution in [3.05, 3.63) is 35.6 Å². The molecule has 1 aromatic carbocycles. The van der Waals surface area contributed by atoms with Crippen LogP contribution in [0.5, 0.6) is 0 Å². The molecular weight excluding hydrogens is 247 g/mol. The summed E-state index contributed by atoms with van der Waals surface area (Å²) >= 11 is 0. The van der Waals surface area contributed by atoms with E-state index in [1.807, 2.05) is 0 Å². The summed E-state index contributed by atoms with van der Waals surface area (Å²) in [6.07, 6.45) is -4.54. The van der Waals surface area contributed by atoms with E-state index in [4.69, 9.17) is 5.73 Å². The summed E-state index contributed by atoms with van der Waals surface area (Å²) in [4.78, 5) is 11.6. The lowest BCUT2D eigenvalue weighted by atomic mass is 10.0. The van der Waals surface area contributed by atoms with Gasteiger partial charge in [0.15, 0.2) is 5.78 Å². The van der Waals surface area contributed by atoms with Crippen LogP contribution >= 0.6 is 0 Å². The molecular formula is C12H10F3NO2. The molecule has 2 aromatic rings. The summed E-state index contributed by atoms with van der Waals surface area (Å²) < 4.78 is 42.0. The predicted octanol–water partition coefficient (Wildman–Crippen LogP) is 2.98. The largest absolute Gasteiger partial charge is 0.452 e. The highest BCUT2D eigenvalue weighted by molar-refractivity contribution is 6.02. The number of furan rings is 1. The van der Waals surface area contributed by atoms with Gasteiger partial charge in [0.1, 0.15) is 5.58 Å². The van der Waals surface area contributed by atoms with Crippen molar-refractivity contribution in [2.75, 3.05) is 0 Å². The molecule has 18 heavy (non-hydrogen) atoms. The normalized spacial score (nSPS) is 13.8. The van der Waals surface area contributed by atoms with Crippen LogP contribution in [0.2, 0.25) is 0 Å². The van der Waals surface area contributed by atoms with E-state index in [9.17, 15) is 18.0 Å². The quantitative estimate of drug-likeness (QED) is 0.841. The number of alkyl halides is 3. The number of carbonyl (C=O) groups is 1. The van der Waals surface area contributed by atoms with Gasteiger partial charge in [0.2, 0.25) is 5.76 Å². The number of hydrogen-bond acceptors (Lipinski definition) is 3. The molecule has 1 unspecified atom stereocenters. The summed E-state index contributed by atoms with van der Waals surface area (Å²) in [5, 5.41) is 0.230. The molecule has 1 aromatic heterocycles. The molecule has 0 spiro atoms. The minimum Gasteiger partial charge on any atom is -0.452 e. The van der Waals surface area contributed by atoms with Gasteiger partial charge in [-0.3, -0.25) is 4.79 Å². The molecule has 0 aliphatic carbocycles. The van der Waals surface area contributed by atoms with Crippen LogP contribution < -0.4 is 5.73 Å². The lowest BCUT2D eigenvalue weighted by Gasteiger charge is -2.03. The van der Waals surface area contributed by atoms with Gasteiger partial charge in [-0.25, -0.2) is 0 Å². The van der Waals surface area contributed by atoms with Gasteiger partial charge in [0, 0.05) is 10.9 Å². The van der Waals surface area contributed by atoms with E-state index in [0.717, 1.165) is 6.07 Å². The van der Waals surface area contributed by atoms with Crippen molar-refractivity contribution in [3.8, 4) is 0 Å². The number of Topliss-reactive ketones (excluding diaryl/α,β-unsaturated/α-hetero) is 1. The van der Waals surface area contributed by atoms with Gasteiger partial charge >= 0.3 is 6.18 Å². The Balaban J connectivity index is 2.49. The number of benzene rings is 1. The Morgan fingerprint density at radius 3 is 2.56 bits per heavy atom. The van der Waals surface area contributed by atoms with Gasteiger partial charge in [-0.15, -0.1) is 0 Å². The first-order valence-electron chi connectivity index (χ1n) is 5.19. The second-order valence-corrected chi connectivity index (χ2v) is 4.01. The van der Waals surface area contributed by atoms with E-state index >= 15 is 0 Å². The SMILES string of the molecule is CC(N)C(=O)c1ccc2oc(C(F)(F)F)cc2c1. The average molecular weight is 257 g/mol. The van der Waals surface area contributed by atoms with Crippen molar-refractivity contribution < 1.29 is 22.4 Å². The van der Waals surface area contributed by atoms with Crippen LogP contribution in [-0.2, 0) is 6.18 Å². The molecule has 6 heteroatoms. The molecule has 2 rings (SSSR count). The molecule has 0 amide bonds. The third-order valence-electron chi connectivity index (χ3n) is 2.49. The summed E-state index contributed by atoms with van der Waals surface area (Å²) in [6, 6.07) is 4.25. The first kappa shape index (κ1) is 12.6. The molecule has 0 saturated carbocycles. The Hall–Kier alpha value is -1.82. The predicted molar refractivity (Wildman–Crippen MR) is 59.2 cm³/mol. The summed E-state index contributed by atoms with van der Waals surface area (Å²) in [5.41, 5.74) is 5.79. The van der Waals surface area contributed by atoms with Crippen LogP contribution in [0.3, 0.4) is 0 Å². The second kappa shape index (κ2) is 4.13. The van der Waals surface area contributed by atoms with Gasteiger partial charge in [-0.05, 0) is 31.2 Å². The third kappa shape index (κ3) is 2.24. The summed E-state index contributed by atoms with van der Waals surface area (Å²) in [7, 11) is 0. The van der Waals surface area contributed by atoms with Gasteiger partial charge in [0.25, 0.3) is 0 Å². The highest BCUT2D eigenvalue weighted by atomic mass is 19.4. The molecule has 0 saturated heterocycles. The minimum atomic E-state index is -4.54. The molecule has 0 aliphatic heterocycles. The van der Waals surface area contributed by atoms with E-state index < -0.39 is 18.0 Å². The van der Waals surface area contributed by atoms with E-state index in [1.165, 1.54) is 25.1 Å². The molecule has 0 aliphatic rings. The Kier molecular flexibility index (Phi) is 2.90.